The molecule has 1 N–H and O–H groups in total. The number of nitrogens with one attached hydrogen (secondary N) is 1. The van der Waals surface area contributed by atoms with Crippen molar-refractivity contribution in [3.05, 3.63) is 15.3 Å². The summed E-state index contributed by atoms with van der Waals surface area (Å²) < 4.78 is 3.15. The Morgan fingerprint density at radius 2 is 2.33 bits per heavy atom. The monoisotopic (exact) mass is 335 g/mol. The summed E-state index contributed by atoms with van der Waals surface area (Å²) in [6.07, 6.45) is 2.49. The minimum Gasteiger partial charge on any atom is -0.354 e. The lowest BCUT2D eigenvalue weighted by molar-refractivity contribution is -0.121. The van der Waals surface area contributed by atoms with Gasteiger partial charge in [0.2, 0.25) is 5.91 Å². The summed E-state index contributed by atoms with van der Waals surface area (Å²) in [5.41, 5.74) is 0. The molecule has 0 bridgehead atoms. The van der Waals surface area contributed by atoms with Crippen molar-refractivity contribution >= 4 is 37.8 Å². The first-order valence-electron chi connectivity index (χ1n) is 4.80. The number of aromatic nitrogens is 2. The van der Waals surface area contributed by atoms with Gasteiger partial charge in [-0.15, -0.1) is 0 Å². The van der Waals surface area contributed by atoms with Crippen LogP contribution in [0.3, 0.4) is 0 Å². The first-order chi connectivity index (χ1) is 7.15. The lowest BCUT2D eigenvalue weighted by Crippen LogP contribution is -2.29. The predicted octanol–water partition coefficient (Wildman–Crippen LogP) is 1.93. The summed E-state index contributed by atoms with van der Waals surface area (Å²) >= 11 is 6.58. The molecule has 2 rings (SSSR count). The van der Waals surface area contributed by atoms with E-state index in [-0.39, 0.29) is 12.5 Å². The molecule has 0 unspecified atom stereocenters. The van der Waals surface area contributed by atoms with Crippen molar-refractivity contribution in [1.82, 2.24) is 15.1 Å². The minimum absolute atomic E-state index is 0.0122. The zero-order chi connectivity index (χ0) is 10.8. The van der Waals surface area contributed by atoms with Crippen LogP contribution in [-0.2, 0) is 11.3 Å². The summed E-state index contributed by atoms with van der Waals surface area (Å²) in [5, 5.41) is 7.01. The van der Waals surface area contributed by atoms with Gasteiger partial charge in [-0.2, -0.15) is 5.10 Å². The third-order valence-electron chi connectivity index (χ3n) is 2.28. The van der Waals surface area contributed by atoms with Gasteiger partial charge in [0.15, 0.2) is 0 Å². The van der Waals surface area contributed by atoms with Crippen LogP contribution in [0, 0.1) is 5.92 Å². The molecule has 1 amide bonds. The molecule has 0 radical (unpaired) electrons. The Balaban J connectivity index is 1.84. The molecule has 1 fully saturated rings. The van der Waals surface area contributed by atoms with E-state index in [4.69, 9.17) is 0 Å². The molecule has 15 heavy (non-hydrogen) atoms. The first-order valence-corrected chi connectivity index (χ1v) is 6.39. The van der Waals surface area contributed by atoms with Gasteiger partial charge in [0.1, 0.15) is 15.8 Å². The number of halogens is 2. The fourth-order valence-corrected chi connectivity index (χ4v) is 2.38. The standard InChI is InChI=1S/C9H11Br2N3O/c10-7-3-8(11)14(13-7)5-9(15)12-4-6-1-2-6/h3,6H,1-2,4-5H2,(H,12,15). The van der Waals surface area contributed by atoms with Crippen molar-refractivity contribution in [3.63, 3.8) is 0 Å². The second kappa shape index (κ2) is 4.65. The highest BCUT2D eigenvalue weighted by atomic mass is 79.9. The van der Waals surface area contributed by atoms with E-state index in [0.29, 0.717) is 5.92 Å². The average molecular weight is 337 g/mol. The van der Waals surface area contributed by atoms with Crippen LogP contribution < -0.4 is 5.32 Å². The fraction of sp³-hybridized carbons (Fsp3) is 0.556. The number of nitrogens with zero attached hydrogens (tertiary/aromatic N) is 2. The lowest BCUT2D eigenvalue weighted by Gasteiger charge is -2.04. The van der Waals surface area contributed by atoms with Gasteiger partial charge in [-0.1, -0.05) is 0 Å². The summed E-state index contributed by atoms with van der Waals surface area (Å²) in [7, 11) is 0. The van der Waals surface area contributed by atoms with Crippen LogP contribution in [-0.4, -0.2) is 22.2 Å². The van der Waals surface area contributed by atoms with Crippen molar-refractivity contribution < 1.29 is 4.79 Å². The van der Waals surface area contributed by atoms with Crippen LogP contribution in [0.2, 0.25) is 0 Å². The van der Waals surface area contributed by atoms with E-state index in [1.807, 2.05) is 6.07 Å². The molecule has 0 saturated heterocycles. The normalized spacial score (nSPS) is 15.3. The molecule has 1 aromatic rings. The van der Waals surface area contributed by atoms with Crippen LogP contribution in [0.5, 0.6) is 0 Å². The maximum absolute atomic E-state index is 11.5. The van der Waals surface area contributed by atoms with Gasteiger partial charge in [0.25, 0.3) is 0 Å². The van der Waals surface area contributed by atoms with Crippen molar-refractivity contribution in [2.45, 2.75) is 19.4 Å². The maximum Gasteiger partial charge on any atom is 0.241 e. The molecular formula is C9H11Br2N3O. The van der Waals surface area contributed by atoms with Crippen molar-refractivity contribution in [1.29, 1.82) is 0 Å². The Kier molecular flexibility index (Phi) is 3.45. The number of carbonyl (C=O) groups is 1. The molecule has 6 heteroatoms. The summed E-state index contributed by atoms with van der Waals surface area (Å²) in [5.74, 6) is 0.722. The van der Waals surface area contributed by atoms with Crippen LogP contribution in [0.4, 0.5) is 0 Å². The topological polar surface area (TPSA) is 46.9 Å². The van der Waals surface area contributed by atoms with Crippen LogP contribution >= 0.6 is 31.9 Å². The Morgan fingerprint density at radius 3 is 2.87 bits per heavy atom. The molecule has 1 aromatic heterocycles. The van der Waals surface area contributed by atoms with Crippen LogP contribution in [0.1, 0.15) is 12.8 Å². The zero-order valence-electron chi connectivity index (χ0n) is 8.04. The Bertz CT molecular complexity index is 373. The molecule has 82 valence electrons. The highest BCUT2D eigenvalue weighted by Crippen LogP contribution is 2.27. The van der Waals surface area contributed by atoms with E-state index in [2.05, 4.69) is 42.3 Å². The number of rotatable bonds is 4. The van der Waals surface area contributed by atoms with Crippen molar-refractivity contribution in [2.75, 3.05) is 6.54 Å². The largest absolute Gasteiger partial charge is 0.354 e. The highest BCUT2D eigenvalue weighted by molar-refractivity contribution is 9.11. The van der Waals surface area contributed by atoms with Gasteiger partial charge in [0, 0.05) is 12.6 Å². The molecule has 1 aliphatic rings. The molecule has 0 spiro atoms. The Labute approximate surface area is 105 Å². The smallest absolute Gasteiger partial charge is 0.241 e. The SMILES string of the molecule is O=C(Cn1nc(Br)cc1Br)NCC1CC1. The Hall–Kier alpha value is -0.360. The number of hydrogen-bond donors (Lipinski definition) is 1. The third-order valence-corrected chi connectivity index (χ3v) is 3.31. The van der Waals surface area contributed by atoms with E-state index in [1.54, 1.807) is 4.68 Å². The van der Waals surface area contributed by atoms with Gasteiger partial charge in [-0.25, -0.2) is 4.68 Å². The second-order valence-electron chi connectivity index (χ2n) is 3.69. The predicted molar refractivity (Wildman–Crippen MR) is 63.4 cm³/mol. The third kappa shape index (κ3) is 3.31. The molecular weight excluding hydrogens is 326 g/mol. The van der Waals surface area contributed by atoms with Gasteiger partial charge in [-0.3, -0.25) is 4.79 Å². The van der Waals surface area contributed by atoms with E-state index in [0.717, 1.165) is 15.8 Å². The molecule has 4 nitrogen and oxygen atoms in total. The second-order valence-corrected chi connectivity index (χ2v) is 5.32. The molecule has 1 heterocycles. The molecule has 0 aromatic carbocycles. The highest BCUT2D eigenvalue weighted by Gasteiger charge is 2.21. The molecule has 0 atom stereocenters. The van der Waals surface area contributed by atoms with Gasteiger partial charge in [0.05, 0.1) is 0 Å². The van der Waals surface area contributed by atoms with Gasteiger partial charge >= 0.3 is 0 Å². The summed E-state index contributed by atoms with van der Waals surface area (Å²) in [4.78, 5) is 11.5. The van der Waals surface area contributed by atoms with E-state index in [1.165, 1.54) is 12.8 Å². The van der Waals surface area contributed by atoms with Crippen molar-refractivity contribution in [2.24, 2.45) is 5.92 Å². The van der Waals surface area contributed by atoms with Gasteiger partial charge < -0.3 is 5.32 Å². The minimum atomic E-state index is 0.0122. The molecule has 0 aliphatic heterocycles. The fourth-order valence-electron chi connectivity index (χ4n) is 1.25. The maximum atomic E-state index is 11.5. The number of amides is 1. The lowest BCUT2D eigenvalue weighted by atomic mass is 10.4. The van der Waals surface area contributed by atoms with E-state index >= 15 is 0 Å². The quantitative estimate of drug-likeness (QED) is 0.913. The number of hydrogen-bond acceptors (Lipinski definition) is 2. The average Bonchev–Trinajstić information content (AvgIpc) is 2.92. The Morgan fingerprint density at radius 1 is 1.60 bits per heavy atom. The van der Waals surface area contributed by atoms with Crippen LogP contribution in [0.25, 0.3) is 0 Å². The number of carbonyl (C=O) groups excluding carboxylic acids is 1. The van der Waals surface area contributed by atoms with Gasteiger partial charge in [-0.05, 0) is 50.6 Å². The zero-order valence-corrected chi connectivity index (χ0v) is 11.2. The summed E-state index contributed by atoms with van der Waals surface area (Å²) in [6.45, 7) is 1.07. The van der Waals surface area contributed by atoms with E-state index in [9.17, 15) is 4.79 Å². The van der Waals surface area contributed by atoms with Crippen LogP contribution in [0.15, 0.2) is 15.3 Å². The molecule has 1 saturated carbocycles. The van der Waals surface area contributed by atoms with E-state index < -0.39 is 0 Å². The molecule has 1 aliphatic carbocycles. The summed E-state index contributed by atoms with van der Waals surface area (Å²) in [6, 6.07) is 1.81. The first kappa shape index (κ1) is 11.1. The van der Waals surface area contributed by atoms with Crippen molar-refractivity contribution in [3.8, 4) is 0 Å².